The van der Waals surface area contributed by atoms with Gasteiger partial charge < -0.3 is 10.0 Å². The highest BCUT2D eigenvalue weighted by atomic mass is 16.3. The minimum atomic E-state index is 0.151. The molecule has 1 unspecified atom stereocenters. The van der Waals surface area contributed by atoms with Crippen LogP contribution in [0.1, 0.15) is 37.7 Å². The van der Waals surface area contributed by atoms with Crippen molar-refractivity contribution in [1.29, 1.82) is 0 Å². The highest BCUT2D eigenvalue weighted by Crippen LogP contribution is 2.39. The molecule has 0 aliphatic carbocycles. The molecule has 0 saturated carbocycles. The van der Waals surface area contributed by atoms with E-state index < -0.39 is 0 Å². The maximum atomic E-state index is 12.3. The van der Waals surface area contributed by atoms with Gasteiger partial charge in [0, 0.05) is 56.2 Å². The lowest BCUT2D eigenvalue weighted by Crippen LogP contribution is -2.54. The third kappa shape index (κ3) is 3.99. The maximum Gasteiger partial charge on any atom is 0.222 e. The summed E-state index contributed by atoms with van der Waals surface area (Å²) in [4.78, 5) is 21.3. The second-order valence-electron chi connectivity index (χ2n) is 8.19. The molecule has 0 bridgehead atoms. The maximum absolute atomic E-state index is 12.3. The molecule has 5 heteroatoms. The van der Waals surface area contributed by atoms with E-state index in [1.807, 2.05) is 17.2 Å². The molecule has 0 radical (unpaired) electrons. The molecule has 1 aromatic heterocycles. The van der Waals surface area contributed by atoms with E-state index in [-0.39, 0.29) is 17.9 Å². The first kappa shape index (κ1) is 18.4. The van der Waals surface area contributed by atoms with Crippen molar-refractivity contribution < 1.29 is 9.90 Å². The number of carbonyl (C=O) groups is 1. The van der Waals surface area contributed by atoms with Crippen molar-refractivity contribution in [1.82, 2.24) is 14.8 Å². The fourth-order valence-electron chi connectivity index (χ4n) is 4.88. The van der Waals surface area contributed by atoms with Crippen LogP contribution >= 0.6 is 0 Å². The standard InChI is InChI=1S/C22H29N3O2/c26-14-4-13-25-17-22(10-7-21(25)27)9-3-12-24(16-22)15-18-8-11-23-20-6-2-1-5-19(18)20/h1-2,5-6,8,11,26H,3-4,7,9-10,12-17H2. The summed E-state index contributed by atoms with van der Waals surface area (Å²) in [6.45, 7) is 4.79. The number of benzene rings is 1. The van der Waals surface area contributed by atoms with Crippen LogP contribution in [0.5, 0.6) is 0 Å². The second-order valence-corrected chi connectivity index (χ2v) is 8.19. The number of carbonyl (C=O) groups excluding carboxylic acids is 1. The molecule has 1 amide bonds. The van der Waals surface area contributed by atoms with E-state index in [1.165, 1.54) is 23.8 Å². The van der Waals surface area contributed by atoms with Gasteiger partial charge in [0.25, 0.3) is 0 Å². The Morgan fingerprint density at radius 3 is 2.93 bits per heavy atom. The molecule has 144 valence electrons. The minimum Gasteiger partial charge on any atom is -0.396 e. The van der Waals surface area contributed by atoms with Gasteiger partial charge in [-0.1, -0.05) is 18.2 Å². The van der Waals surface area contributed by atoms with Crippen molar-refractivity contribution in [3.8, 4) is 0 Å². The van der Waals surface area contributed by atoms with Gasteiger partial charge in [0.1, 0.15) is 0 Å². The summed E-state index contributed by atoms with van der Waals surface area (Å²) in [5.74, 6) is 0.256. The summed E-state index contributed by atoms with van der Waals surface area (Å²) in [6.07, 6.45) is 6.61. The fourth-order valence-corrected chi connectivity index (χ4v) is 4.88. The smallest absolute Gasteiger partial charge is 0.222 e. The summed E-state index contributed by atoms with van der Waals surface area (Å²) < 4.78 is 0. The average molecular weight is 367 g/mol. The molecule has 1 aromatic carbocycles. The molecule has 2 aliphatic heterocycles. The van der Waals surface area contributed by atoms with Crippen LogP contribution < -0.4 is 0 Å². The number of piperidine rings is 2. The lowest BCUT2D eigenvalue weighted by molar-refractivity contribution is -0.139. The third-order valence-electron chi connectivity index (χ3n) is 6.21. The zero-order chi connectivity index (χ0) is 18.7. The molecule has 27 heavy (non-hydrogen) atoms. The van der Waals surface area contributed by atoms with Crippen molar-refractivity contribution >= 4 is 16.8 Å². The van der Waals surface area contributed by atoms with Gasteiger partial charge in [0.15, 0.2) is 0 Å². The Hall–Kier alpha value is -1.98. The van der Waals surface area contributed by atoms with Gasteiger partial charge in [-0.25, -0.2) is 0 Å². The van der Waals surface area contributed by atoms with Crippen molar-refractivity contribution in [2.75, 3.05) is 32.8 Å². The van der Waals surface area contributed by atoms with Gasteiger partial charge in [-0.05, 0) is 49.9 Å². The number of rotatable bonds is 5. The third-order valence-corrected chi connectivity index (χ3v) is 6.21. The van der Waals surface area contributed by atoms with E-state index in [1.54, 1.807) is 0 Å². The van der Waals surface area contributed by atoms with Crippen molar-refractivity contribution in [2.45, 2.75) is 38.6 Å². The Kier molecular flexibility index (Phi) is 5.41. The van der Waals surface area contributed by atoms with E-state index in [0.29, 0.717) is 19.4 Å². The molecule has 2 saturated heterocycles. The number of likely N-dealkylation sites (tertiary alicyclic amines) is 2. The van der Waals surface area contributed by atoms with Crippen LogP contribution in [0.15, 0.2) is 36.5 Å². The summed E-state index contributed by atoms with van der Waals surface area (Å²) in [7, 11) is 0. The number of aliphatic hydroxyl groups is 1. The minimum absolute atomic E-state index is 0.151. The summed E-state index contributed by atoms with van der Waals surface area (Å²) in [5, 5.41) is 10.4. The van der Waals surface area contributed by atoms with E-state index in [9.17, 15) is 4.79 Å². The molecule has 2 aromatic rings. The van der Waals surface area contributed by atoms with Crippen LogP contribution in [-0.2, 0) is 11.3 Å². The number of nitrogens with zero attached hydrogens (tertiary/aromatic N) is 3. The monoisotopic (exact) mass is 367 g/mol. The zero-order valence-electron chi connectivity index (χ0n) is 15.9. The van der Waals surface area contributed by atoms with Gasteiger partial charge in [-0.2, -0.15) is 0 Å². The summed E-state index contributed by atoms with van der Waals surface area (Å²) >= 11 is 0. The van der Waals surface area contributed by atoms with Crippen LogP contribution in [0, 0.1) is 5.41 Å². The van der Waals surface area contributed by atoms with Gasteiger partial charge in [-0.3, -0.25) is 14.7 Å². The highest BCUT2D eigenvalue weighted by Gasteiger charge is 2.41. The van der Waals surface area contributed by atoms with E-state index in [2.05, 4.69) is 34.1 Å². The Morgan fingerprint density at radius 1 is 1.15 bits per heavy atom. The number of amides is 1. The van der Waals surface area contributed by atoms with E-state index >= 15 is 0 Å². The van der Waals surface area contributed by atoms with Gasteiger partial charge >= 0.3 is 0 Å². The molecule has 1 N–H and O–H groups in total. The molecular formula is C22H29N3O2. The Morgan fingerprint density at radius 2 is 2.04 bits per heavy atom. The number of para-hydroxylation sites is 1. The number of hydrogen-bond donors (Lipinski definition) is 1. The fraction of sp³-hybridized carbons (Fsp3) is 0.545. The van der Waals surface area contributed by atoms with Crippen LogP contribution in [0.2, 0.25) is 0 Å². The zero-order valence-corrected chi connectivity index (χ0v) is 15.9. The Labute approximate surface area is 161 Å². The summed E-state index contributed by atoms with van der Waals surface area (Å²) in [5.41, 5.74) is 2.60. The number of aliphatic hydroxyl groups excluding tert-OH is 1. The molecule has 1 atom stereocenters. The summed E-state index contributed by atoms with van der Waals surface area (Å²) in [6, 6.07) is 10.5. The number of hydrogen-bond acceptors (Lipinski definition) is 4. The average Bonchev–Trinajstić information content (AvgIpc) is 2.69. The lowest BCUT2D eigenvalue weighted by atomic mass is 9.73. The molecule has 2 fully saturated rings. The molecular weight excluding hydrogens is 338 g/mol. The van der Waals surface area contributed by atoms with Crippen molar-refractivity contribution in [3.05, 3.63) is 42.1 Å². The van der Waals surface area contributed by atoms with E-state index in [0.717, 1.165) is 38.1 Å². The van der Waals surface area contributed by atoms with Gasteiger partial charge in [0.05, 0.1) is 5.52 Å². The van der Waals surface area contributed by atoms with E-state index in [4.69, 9.17) is 5.11 Å². The predicted octanol–water partition coefficient (Wildman–Crippen LogP) is 2.82. The quantitative estimate of drug-likeness (QED) is 0.883. The van der Waals surface area contributed by atoms with Crippen LogP contribution in [-0.4, -0.2) is 58.6 Å². The highest BCUT2D eigenvalue weighted by molar-refractivity contribution is 5.81. The number of pyridine rings is 1. The largest absolute Gasteiger partial charge is 0.396 e. The number of fused-ring (bicyclic) bond motifs is 1. The molecule has 5 nitrogen and oxygen atoms in total. The predicted molar refractivity (Wildman–Crippen MR) is 106 cm³/mol. The second kappa shape index (κ2) is 7.95. The number of aromatic nitrogens is 1. The van der Waals surface area contributed by atoms with Crippen molar-refractivity contribution in [2.24, 2.45) is 5.41 Å². The van der Waals surface area contributed by atoms with Gasteiger partial charge in [-0.15, -0.1) is 0 Å². The normalized spacial score (nSPS) is 24.0. The lowest BCUT2D eigenvalue weighted by Gasteiger charge is -2.48. The van der Waals surface area contributed by atoms with Crippen LogP contribution in [0.4, 0.5) is 0 Å². The van der Waals surface area contributed by atoms with Crippen molar-refractivity contribution in [3.63, 3.8) is 0 Å². The first-order valence-electron chi connectivity index (χ1n) is 10.1. The Balaban J connectivity index is 1.48. The van der Waals surface area contributed by atoms with Crippen LogP contribution in [0.25, 0.3) is 10.9 Å². The van der Waals surface area contributed by atoms with Crippen LogP contribution in [0.3, 0.4) is 0 Å². The first-order chi connectivity index (χ1) is 13.2. The molecule has 2 aliphatic rings. The van der Waals surface area contributed by atoms with Gasteiger partial charge in [0.2, 0.25) is 5.91 Å². The molecule has 4 rings (SSSR count). The molecule has 3 heterocycles. The SMILES string of the molecule is O=C1CCC2(CCCN(Cc3ccnc4ccccc34)C2)CN1CCCO. The topological polar surface area (TPSA) is 56.7 Å². The first-order valence-corrected chi connectivity index (χ1v) is 10.1. The molecule has 1 spiro atoms. The Bertz CT molecular complexity index is 804.